The maximum atomic E-state index is 12.6. The topological polar surface area (TPSA) is 165 Å². The van der Waals surface area contributed by atoms with E-state index in [0.29, 0.717) is 52.4 Å². The lowest BCUT2D eigenvalue weighted by Crippen LogP contribution is -2.26. The van der Waals surface area contributed by atoms with Crippen LogP contribution in [0, 0.1) is 0 Å². The number of allylic oxidation sites excluding steroid dienone is 2. The molecule has 400 valence electrons. The average Bonchev–Trinajstić information content (AvgIpc) is 3.96. The van der Waals surface area contributed by atoms with Crippen LogP contribution in [-0.4, -0.2) is 59.7 Å². The molecule has 0 saturated carbocycles. The van der Waals surface area contributed by atoms with E-state index >= 15 is 0 Å². The Morgan fingerprint density at radius 3 is 1.45 bits per heavy atom. The molecule has 2 amide bonds. The van der Waals surface area contributed by atoms with Gasteiger partial charge in [0.15, 0.2) is 23.6 Å². The lowest BCUT2D eigenvalue weighted by Gasteiger charge is -2.22. The third-order valence-electron chi connectivity index (χ3n) is 13.4. The number of Topliss-reactive ketones (excluding diaryl/α,β-unsaturated/α-hetero) is 1. The second-order valence-electron chi connectivity index (χ2n) is 19.6. The van der Waals surface area contributed by atoms with Crippen molar-refractivity contribution < 1.29 is 43.3 Å². The van der Waals surface area contributed by atoms with Crippen molar-refractivity contribution in [2.45, 2.75) is 153 Å². The van der Waals surface area contributed by atoms with E-state index in [9.17, 15) is 28.8 Å². The Morgan fingerprint density at radius 1 is 0.560 bits per heavy atom. The Morgan fingerprint density at radius 2 is 1.01 bits per heavy atom. The summed E-state index contributed by atoms with van der Waals surface area (Å²) in [6.07, 6.45) is 21.8. The summed E-state index contributed by atoms with van der Waals surface area (Å²) in [4.78, 5) is 72.2. The largest absolute Gasteiger partial charge is 0.481 e. The molecule has 4 aromatic carbocycles. The predicted molar refractivity (Wildman–Crippen MR) is 297 cm³/mol. The fourth-order valence-corrected chi connectivity index (χ4v) is 10.8. The number of aryl methyl sites for hydroxylation is 2. The van der Waals surface area contributed by atoms with Gasteiger partial charge in [-0.3, -0.25) is 28.8 Å². The first-order valence-electron chi connectivity index (χ1n) is 26.3. The number of ether oxygens (including phenoxy) is 2. The number of unbranched alkanes of at least 4 members (excludes halogenated alkanes) is 6. The van der Waals surface area contributed by atoms with Crippen LogP contribution in [0.1, 0.15) is 166 Å². The molecule has 1 aliphatic heterocycles. The van der Waals surface area contributed by atoms with Crippen LogP contribution in [0.15, 0.2) is 84.9 Å². The molecule has 1 fully saturated rings. The number of benzene rings is 4. The van der Waals surface area contributed by atoms with Gasteiger partial charge in [0.1, 0.15) is 6.61 Å². The normalized spacial score (nSPS) is 16.8. The van der Waals surface area contributed by atoms with E-state index in [-0.39, 0.29) is 73.4 Å². The fraction of sp³-hybridized carbons (Fsp3) is 0.433. The molecule has 4 aromatic rings. The number of carboxylic acids is 1. The van der Waals surface area contributed by atoms with Crippen LogP contribution >= 0.6 is 46.4 Å². The van der Waals surface area contributed by atoms with E-state index in [4.69, 9.17) is 61.0 Å². The Labute approximate surface area is 461 Å². The van der Waals surface area contributed by atoms with Gasteiger partial charge >= 0.3 is 5.97 Å². The molecule has 3 atom stereocenters. The first-order chi connectivity index (χ1) is 36.1. The van der Waals surface area contributed by atoms with Crippen molar-refractivity contribution in [1.82, 2.24) is 10.6 Å². The summed E-state index contributed by atoms with van der Waals surface area (Å²) in [6, 6.07) is 22.5. The maximum Gasteiger partial charge on any atom is 0.303 e. The first kappa shape index (κ1) is 59.1. The third kappa shape index (κ3) is 21.4. The van der Waals surface area contributed by atoms with Crippen molar-refractivity contribution in [2.75, 3.05) is 13.2 Å². The van der Waals surface area contributed by atoms with Gasteiger partial charge < -0.3 is 25.2 Å². The number of nitrogens with one attached hydrogen (secondary N) is 2. The Bertz CT molecular complexity index is 2640. The quantitative estimate of drug-likeness (QED) is 0.0389. The minimum absolute atomic E-state index is 0.0155. The van der Waals surface area contributed by atoms with Crippen molar-refractivity contribution in [3.63, 3.8) is 0 Å². The second-order valence-corrected chi connectivity index (χ2v) is 21.4. The van der Waals surface area contributed by atoms with Gasteiger partial charge in [-0.05, 0) is 164 Å². The van der Waals surface area contributed by atoms with Crippen LogP contribution in [0.4, 0.5) is 0 Å². The summed E-state index contributed by atoms with van der Waals surface area (Å²) in [5, 5.41) is 17.0. The van der Waals surface area contributed by atoms with Crippen molar-refractivity contribution >= 4 is 93.7 Å². The minimum Gasteiger partial charge on any atom is -0.481 e. The Kier molecular flexibility index (Phi) is 24.6. The molecular weight excluding hydrogens is 1030 g/mol. The molecule has 7 rings (SSSR count). The van der Waals surface area contributed by atoms with Crippen molar-refractivity contribution in [2.24, 2.45) is 0 Å². The highest BCUT2D eigenvalue weighted by Gasteiger charge is 2.25. The Balaban J connectivity index is 0.000000248. The van der Waals surface area contributed by atoms with Gasteiger partial charge in [0.05, 0.1) is 12.1 Å². The molecule has 11 nitrogen and oxygen atoms in total. The smallest absolute Gasteiger partial charge is 0.303 e. The van der Waals surface area contributed by atoms with Crippen LogP contribution in [0.5, 0.6) is 0 Å². The number of hydrogen-bond donors (Lipinski definition) is 3. The molecule has 15 heteroatoms. The highest BCUT2D eigenvalue weighted by molar-refractivity contribution is 6.35. The van der Waals surface area contributed by atoms with Gasteiger partial charge in [0.2, 0.25) is 11.8 Å². The third-order valence-corrected chi connectivity index (χ3v) is 14.3. The van der Waals surface area contributed by atoms with Crippen molar-refractivity contribution in [3.05, 3.63) is 150 Å². The first-order valence-corrected chi connectivity index (χ1v) is 27.8. The van der Waals surface area contributed by atoms with Crippen molar-refractivity contribution in [3.8, 4) is 0 Å². The zero-order valence-corrected chi connectivity index (χ0v) is 45.5. The lowest BCUT2D eigenvalue weighted by atomic mass is 10.0. The number of amides is 2. The molecule has 3 N–H and O–H groups in total. The van der Waals surface area contributed by atoms with E-state index in [1.165, 1.54) is 11.1 Å². The number of aliphatic carboxylic acids is 1. The number of carbonyl (C=O) groups is 6. The van der Waals surface area contributed by atoms with E-state index in [1.807, 2.05) is 30.4 Å². The van der Waals surface area contributed by atoms with Crippen molar-refractivity contribution in [1.29, 1.82) is 0 Å². The van der Waals surface area contributed by atoms with E-state index < -0.39 is 5.97 Å². The lowest BCUT2D eigenvalue weighted by molar-refractivity contribution is -0.169. The van der Waals surface area contributed by atoms with Crippen LogP contribution in [0.2, 0.25) is 20.1 Å². The summed E-state index contributed by atoms with van der Waals surface area (Å²) in [5.41, 5.74) is 8.14. The van der Waals surface area contributed by atoms with Gasteiger partial charge in [0.25, 0.3) is 0 Å². The van der Waals surface area contributed by atoms with Crippen LogP contribution in [0.25, 0.3) is 12.2 Å². The molecule has 0 spiro atoms. The van der Waals surface area contributed by atoms with Gasteiger partial charge in [-0.15, -0.1) is 0 Å². The molecule has 2 aliphatic carbocycles. The molecule has 1 heterocycles. The number of carbonyl (C=O) groups excluding carboxylic acids is 5. The Hall–Kier alpha value is -5.14. The maximum absolute atomic E-state index is 12.6. The predicted octanol–water partition coefficient (Wildman–Crippen LogP) is 13.7. The molecule has 75 heavy (non-hydrogen) atoms. The SMILES string of the molecule is O=C(/C=C/c1ccc2c(c1)CCC2NC(=O)CCCCCCC(=O)COC1CCCCO1)Cc1cc(Cl)cc(Cl)c1.O=C(O)CCCCCCC(=O)NC1CCc2cc(/C=C/C(=O)Cc3cc(Cl)cc(Cl)c3)ccc21. The number of hydrogen-bond acceptors (Lipinski definition) is 8. The average molecular weight is 1100 g/mol. The van der Waals surface area contributed by atoms with Gasteiger partial charge in [0, 0.05) is 65.2 Å². The zero-order chi connectivity index (χ0) is 53.5. The van der Waals surface area contributed by atoms with E-state index in [2.05, 4.69) is 28.8 Å². The number of carboxylic acid groups (broad SMARTS) is 1. The van der Waals surface area contributed by atoms with Crippen LogP contribution in [-0.2, 0) is 63.9 Å². The number of fused-ring (bicyclic) bond motifs is 2. The van der Waals surface area contributed by atoms with Crippen LogP contribution in [0.3, 0.4) is 0 Å². The number of rotatable bonds is 27. The van der Waals surface area contributed by atoms with Gasteiger partial charge in [-0.1, -0.05) is 121 Å². The number of halogens is 4. The molecule has 0 bridgehead atoms. The van der Waals surface area contributed by atoms with Gasteiger partial charge in [-0.25, -0.2) is 0 Å². The summed E-state index contributed by atoms with van der Waals surface area (Å²) in [5.74, 6) is -0.621. The van der Waals surface area contributed by atoms with E-state index in [1.54, 1.807) is 48.6 Å². The summed E-state index contributed by atoms with van der Waals surface area (Å²) < 4.78 is 11.0. The fourth-order valence-electron chi connectivity index (χ4n) is 9.62. The minimum atomic E-state index is -0.772. The highest BCUT2D eigenvalue weighted by Crippen LogP contribution is 2.34. The monoisotopic (exact) mass is 1100 g/mol. The summed E-state index contributed by atoms with van der Waals surface area (Å²) >= 11 is 24.1. The number of ketones is 3. The molecule has 3 aliphatic rings. The second kappa shape index (κ2) is 31.2. The molecule has 1 saturated heterocycles. The molecule has 0 aromatic heterocycles. The van der Waals surface area contributed by atoms with Crippen LogP contribution < -0.4 is 10.6 Å². The molecular formula is C60H68Cl4N2O9. The summed E-state index contributed by atoms with van der Waals surface area (Å²) in [7, 11) is 0. The summed E-state index contributed by atoms with van der Waals surface area (Å²) in [6.45, 7) is 0.844. The standard InChI is InChI=1S/C33H39Cl2NO5.C27H29Cl2NO4/c34-26-18-24(19-27(35)21-26)20-28(37)13-10-23-11-14-30-25(17-23)12-15-31(30)36-32(39)8-4-2-1-3-7-29(38)22-41-33-9-5-6-16-40-33;28-21-14-19(15-22(29)17-21)16-23(31)10-7-18-8-11-24-20(13-18)9-12-25(24)30-26(32)5-3-1-2-4-6-27(33)34/h10-11,13-14,17-19,21,31,33H,1-9,12,15-16,20,22H2,(H,36,39);7-8,10-11,13-15,17,25H,1-6,9,12,16H2,(H,30,32)(H,33,34)/b13-10+;10-7+. The van der Waals surface area contributed by atoms with Gasteiger partial charge in [-0.2, -0.15) is 0 Å². The van der Waals surface area contributed by atoms with E-state index in [0.717, 1.165) is 123 Å². The molecule has 0 radical (unpaired) electrons. The molecule has 3 unspecified atom stereocenters. The highest BCUT2D eigenvalue weighted by atomic mass is 35.5. The zero-order valence-electron chi connectivity index (χ0n) is 42.5.